The molecule has 0 bridgehead atoms. The van der Waals surface area contributed by atoms with E-state index in [0.29, 0.717) is 18.5 Å². The van der Waals surface area contributed by atoms with Crippen molar-refractivity contribution in [1.29, 1.82) is 0 Å². The van der Waals surface area contributed by atoms with E-state index in [1.54, 1.807) is 0 Å². The molecule has 2 atom stereocenters. The van der Waals surface area contributed by atoms with Gasteiger partial charge in [0.15, 0.2) is 0 Å². The molecule has 0 aromatic rings. The summed E-state index contributed by atoms with van der Waals surface area (Å²) in [6.07, 6.45) is 2.47. The van der Waals surface area contributed by atoms with E-state index in [1.165, 1.54) is 12.8 Å². The summed E-state index contributed by atoms with van der Waals surface area (Å²) < 4.78 is 0. The summed E-state index contributed by atoms with van der Waals surface area (Å²) in [6.45, 7) is 7.66. The minimum Gasteiger partial charge on any atom is -0.355 e. The molecule has 1 aliphatic rings. The van der Waals surface area contributed by atoms with Crippen molar-refractivity contribution < 1.29 is 4.79 Å². The van der Waals surface area contributed by atoms with Gasteiger partial charge in [0, 0.05) is 12.6 Å². The van der Waals surface area contributed by atoms with Crippen molar-refractivity contribution in [2.45, 2.75) is 39.7 Å². The van der Waals surface area contributed by atoms with Gasteiger partial charge in [0.1, 0.15) is 0 Å². The first-order valence-electron chi connectivity index (χ1n) is 5.63. The van der Waals surface area contributed by atoms with Gasteiger partial charge in [-0.15, -0.1) is 0 Å². The summed E-state index contributed by atoms with van der Waals surface area (Å²) in [5.41, 5.74) is 0. The Hall–Kier alpha value is -0.570. The fourth-order valence-corrected chi connectivity index (χ4v) is 1.55. The van der Waals surface area contributed by atoms with Gasteiger partial charge in [-0.25, -0.2) is 0 Å². The van der Waals surface area contributed by atoms with E-state index < -0.39 is 0 Å². The van der Waals surface area contributed by atoms with E-state index in [0.717, 1.165) is 12.5 Å². The van der Waals surface area contributed by atoms with E-state index in [4.69, 9.17) is 0 Å². The highest BCUT2D eigenvalue weighted by atomic mass is 16.1. The normalized spacial score (nSPS) is 25.1. The zero-order valence-corrected chi connectivity index (χ0v) is 9.47. The first-order chi connectivity index (χ1) is 6.63. The Kier molecular flexibility index (Phi) is 4.39. The van der Waals surface area contributed by atoms with Crippen LogP contribution in [-0.2, 0) is 4.79 Å². The standard InChI is InChI=1S/C11H22N2O/c1-4-9-5-10(9)12-7-11(14)13-6-8(2)3/h8-10,12H,4-7H2,1-3H3,(H,13,14). The number of carbonyl (C=O) groups is 1. The first kappa shape index (κ1) is 11.5. The summed E-state index contributed by atoms with van der Waals surface area (Å²) in [4.78, 5) is 11.3. The van der Waals surface area contributed by atoms with E-state index >= 15 is 0 Å². The molecule has 14 heavy (non-hydrogen) atoms. The minimum absolute atomic E-state index is 0.125. The molecular formula is C11H22N2O. The Balaban J connectivity index is 1.99. The molecule has 0 spiro atoms. The van der Waals surface area contributed by atoms with Crippen molar-refractivity contribution in [2.75, 3.05) is 13.1 Å². The number of carbonyl (C=O) groups excluding carboxylic acids is 1. The molecule has 2 unspecified atom stereocenters. The second-order valence-corrected chi connectivity index (χ2v) is 4.59. The average molecular weight is 198 g/mol. The fourth-order valence-electron chi connectivity index (χ4n) is 1.55. The predicted octanol–water partition coefficient (Wildman–Crippen LogP) is 1.15. The van der Waals surface area contributed by atoms with Crippen LogP contribution in [0.15, 0.2) is 0 Å². The molecule has 0 aromatic carbocycles. The Morgan fingerprint density at radius 2 is 2.21 bits per heavy atom. The van der Waals surface area contributed by atoms with Crippen LogP contribution in [0, 0.1) is 11.8 Å². The van der Waals surface area contributed by atoms with Gasteiger partial charge >= 0.3 is 0 Å². The maximum atomic E-state index is 11.3. The summed E-state index contributed by atoms with van der Waals surface area (Å²) in [7, 11) is 0. The van der Waals surface area contributed by atoms with Crippen molar-refractivity contribution in [3.8, 4) is 0 Å². The Morgan fingerprint density at radius 1 is 1.50 bits per heavy atom. The number of nitrogens with one attached hydrogen (secondary N) is 2. The first-order valence-corrected chi connectivity index (χ1v) is 5.63. The molecule has 0 radical (unpaired) electrons. The van der Waals surface area contributed by atoms with Gasteiger partial charge in [0.2, 0.25) is 5.91 Å². The molecule has 1 fully saturated rings. The van der Waals surface area contributed by atoms with Gasteiger partial charge in [-0.2, -0.15) is 0 Å². The highest BCUT2D eigenvalue weighted by molar-refractivity contribution is 5.78. The largest absolute Gasteiger partial charge is 0.355 e. The molecule has 3 heteroatoms. The van der Waals surface area contributed by atoms with Crippen molar-refractivity contribution >= 4 is 5.91 Å². The molecule has 3 nitrogen and oxygen atoms in total. The van der Waals surface area contributed by atoms with Crippen molar-refractivity contribution in [1.82, 2.24) is 10.6 Å². The third kappa shape index (κ3) is 4.09. The third-order valence-electron chi connectivity index (χ3n) is 2.68. The van der Waals surface area contributed by atoms with Gasteiger partial charge in [-0.05, 0) is 18.3 Å². The molecule has 1 rings (SSSR count). The lowest BCUT2D eigenvalue weighted by atomic mass is 10.2. The van der Waals surface area contributed by atoms with Crippen molar-refractivity contribution in [3.63, 3.8) is 0 Å². The van der Waals surface area contributed by atoms with Crippen LogP contribution in [0.4, 0.5) is 0 Å². The molecule has 82 valence electrons. The summed E-state index contributed by atoms with van der Waals surface area (Å²) in [6, 6.07) is 0.602. The molecule has 2 N–H and O–H groups in total. The van der Waals surface area contributed by atoms with Gasteiger partial charge < -0.3 is 10.6 Å². The van der Waals surface area contributed by atoms with E-state index in [2.05, 4.69) is 31.4 Å². The quantitative estimate of drug-likeness (QED) is 0.672. The lowest BCUT2D eigenvalue weighted by molar-refractivity contribution is -0.120. The monoisotopic (exact) mass is 198 g/mol. The fraction of sp³-hybridized carbons (Fsp3) is 0.909. The minimum atomic E-state index is 0.125. The number of hydrogen-bond donors (Lipinski definition) is 2. The zero-order chi connectivity index (χ0) is 10.6. The van der Waals surface area contributed by atoms with Crippen LogP contribution in [0.2, 0.25) is 0 Å². The molecule has 0 saturated heterocycles. The zero-order valence-electron chi connectivity index (χ0n) is 9.47. The average Bonchev–Trinajstić information content (AvgIpc) is 2.90. The van der Waals surface area contributed by atoms with Gasteiger partial charge in [-0.1, -0.05) is 27.2 Å². The van der Waals surface area contributed by atoms with Crippen LogP contribution < -0.4 is 10.6 Å². The van der Waals surface area contributed by atoms with E-state index in [1.807, 2.05) is 0 Å². The molecule has 1 saturated carbocycles. The number of rotatable bonds is 6. The summed E-state index contributed by atoms with van der Waals surface area (Å²) in [5.74, 6) is 1.47. The topological polar surface area (TPSA) is 41.1 Å². The van der Waals surface area contributed by atoms with Crippen LogP contribution in [0.1, 0.15) is 33.6 Å². The number of amides is 1. The third-order valence-corrected chi connectivity index (χ3v) is 2.68. The van der Waals surface area contributed by atoms with E-state index in [-0.39, 0.29) is 5.91 Å². The van der Waals surface area contributed by atoms with Gasteiger partial charge in [0.05, 0.1) is 6.54 Å². The Bertz CT molecular complexity index is 192. The van der Waals surface area contributed by atoms with Crippen LogP contribution >= 0.6 is 0 Å². The molecule has 0 aliphatic heterocycles. The molecule has 1 aliphatic carbocycles. The maximum absolute atomic E-state index is 11.3. The second-order valence-electron chi connectivity index (χ2n) is 4.59. The van der Waals surface area contributed by atoms with Crippen LogP contribution in [0.25, 0.3) is 0 Å². The molecule has 1 amide bonds. The maximum Gasteiger partial charge on any atom is 0.233 e. The molecule has 0 aromatic heterocycles. The SMILES string of the molecule is CCC1CC1NCC(=O)NCC(C)C. The second kappa shape index (κ2) is 5.35. The smallest absolute Gasteiger partial charge is 0.233 e. The predicted molar refractivity (Wildman–Crippen MR) is 58.0 cm³/mol. The Morgan fingerprint density at radius 3 is 2.71 bits per heavy atom. The summed E-state index contributed by atoms with van der Waals surface area (Å²) >= 11 is 0. The van der Waals surface area contributed by atoms with Gasteiger partial charge in [0.25, 0.3) is 0 Å². The highest BCUT2D eigenvalue weighted by Crippen LogP contribution is 2.32. The van der Waals surface area contributed by atoms with Crippen LogP contribution in [0.3, 0.4) is 0 Å². The highest BCUT2D eigenvalue weighted by Gasteiger charge is 2.34. The van der Waals surface area contributed by atoms with Crippen LogP contribution in [-0.4, -0.2) is 25.0 Å². The molecule has 0 heterocycles. The number of hydrogen-bond acceptors (Lipinski definition) is 2. The molecular weight excluding hydrogens is 176 g/mol. The lowest BCUT2D eigenvalue weighted by Gasteiger charge is -2.08. The van der Waals surface area contributed by atoms with Crippen LogP contribution in [0.5, 0.6) is 0 Å². The van der Waals surface area contributed by atoms with Crippen molar-refractivity contribution in [3.05, 3.63) is 0 Å². The van der Waals surface area contributed by atoms with E-state index in [9.17, 15) is 4.79 Å². The summed E-state index contributed by atoms with van der Waals surface area (Å²) in [5, 5.41) is 6.17. The Labute approximate surface area is 86.6 Å². The lowest BCUT2D eigenvalue weighted by Crippen LogP contribution is -2.36. The van der Waals surface area contributed by atoms with Gasteiger partial charge in [-0.3, -0.25) is 4.79 Å². The van der Waals surface area contributed by atoms with Crippen molar-refractivity contribution in [2.24, 2.45) is 11.8 Å².